The van der Waals surface area contributed by atoms with Gasteiger partial charge in [0.2, 0.25) is 0 Å². The van der Waals surface area contributed by atoms with Crippen LogP contribution >= 0.6 is 27.5 Å². The van der Waals surface area contributed by atoms with E-state index in [0.29, 0.717) is 0 Å². The molecule has 1 aliphatic rings. The van der Waals surface area contributed by atoms with Crippen molar-refractivity contribution in [1.82, 2.24) is 4.90 Å². The Morgan fingerprint density at radius 2 is 1.72 bits per heavy atom. The Hall–Kier alpha value is -1.31. The molecule has 1 aromatic carbocycles. The Balaban J connectivity index is 0.000000450. The van der Waals surface area contributed by atoms with Crippen molar-refractivity contribution in [2.75, 3.05) is 26.2 Å². The lowest BCUT2D eigenvalue weighted by Crippen LogP contribution is -2.26. The lowest BCUT2D eigenvalue weighted by Gasteiger charge is -2.19. The molecule has 0 radical (unpaired) electrons. The van der Waals surface area contributed by atoms with Crippen molar-refractivity contribution in [2.45, 2.75) is 32.1 Å². The number of halogens is 2. The Labute approximate surface area is 160 Å². The summed E-state index contributed by atoms with van der Waals surface area (Å²) in [6, 6.07) is 5.64. The van der Waals surface area contributed by atoms with E-state index in [1.165, 1.54) is 38.8 Å². The van der Waals surface area contributed by atoms with Crippen LogP contribution in [0.3, 0.4) is 0 Å². The second-order valence-electron chi connectivity index (χ2n) is 5.64. The molecule has 1 heterocycles. The predicted molar refractivity (Wildman–Crippen MR) is 99.4 cm³/mol. The van der Waals surface area contributed by atoms with Gasteiger partial charge in [-0.05, 0) is 66.5 Å². The highest BCUT2D eigenvalue weighted by atomic mass is 79.9. The molecule has 0 aromatic heterocycles. The molecule has 6 nitrogen and oxygen atoms in total. The van der Waals surface area contributed by atoms with Crippen molar-refractivity contribution < 1.29 is 24.5 Å². The third-order valence-corrected chi connectivity index (χ3v) is 4.51. The van der Waals surface area contributed by atoms with Gasteiger partial charge in [-0.2, -0.15) is 0 Å². The number of nitrogens with zero attached hydrogens (tertiary/aromatic N) is 1. The van der Waals surface area contributed by atoms with Gasteiger partial charge in [0.05, 0.1) is 11.1 Å². The third-order valence-electron chi connectivity index (χ3n) is 3.65. The van der Waals surface area contributed by atoms with Crippen molar-refractivity contribution >= 4 is 39.5 Å². The molecule has 2 N–H and O–H groups in total. The third kappa shape index (κ3) is 9.67. The summed E-state index contributed by atoms with van der Waals surface area (Å²) in [6.07, 6.45) is 6.57. The molecule has 0 bridgehead atoms. The molecule has 25 heavy (non-hydrogen) atoms. The lowest BCUT2D eigenvalue weighted by atomic mass is 10.2. The maximum absolute atomic E-state index is 9.10. The summed E-state index contributed by atoms with van der Waals surface area (Å²) in [5.41, 5.74) is 0. The molecule has 0 aliphatic carbocycles. The van der Waals surface area contributed by atoms with Crippen LogP contribution in [0.2, 0.25) is 5.02 Å². The number of hydrogen-bond acceptors (Lipinski definition) is 4. The van der Waals surface area contributed by atoms with Gasteiger partial charge in [-0.3, -0.25) is 0 Å². The highest BCUT2D eigenvalue weighted by molar-refractivity contribution is 9.10. The lowest BCUT2D eigenvalue weighted by molar-refractivity contribution is -0.159. The van der Waals surface area contributed by atoms with Gasteiger partial charge in [0.1, 0.15) is 5.75 Å². The summed E-state index contributed by atoms with van der Waals surface area (Å²) in [7, 11) is 0. The number of carboxylic acids is 2. The number of aliphatic carboxylic acids is 2. The summed E-state index contributed by atoms with van der Waals surface area (Å²) in [6.45, 7) is 4.41. The first kappa shape index (κ1) is 21.7. The average Bonchev–Trinajstić information content (AvgIpc) is 2.82. The normalized spacial score (nSPS) is 14.8. The van der Waals surface area contributed by atoms with Gasteiger partial charge in [-0.1, -0.05) is 24.4 Å². The Morgan fingerprint density at radius 1 is 1.12 bits per heavy atom. The summed E-state index contributed by atoms with van der Waals surface area (Å²) in [5.74, 6) is -2.77. The number of ether oxygens (including phenoxy) is 1. The minimum absolute atomic E-state index is 0.726. The fourth-order valence-corrected chi connectivity index (χ4v) is 3.22. The van der Waals surface area contributed by atoms with Crippen molar-refractivity contribution in [3.63, 3.8) is 0 Å². The number of rotatable bonds is 5. The van der Waals surface area contributed by atoms with Crippen LogP contribution in [0, 0.1) is 0 Å². The molecule has 140 valence electrons. The Bertz CT molecular complexity index is 550. The van der Waals surface area contributed by atoms with E-state index < -0.39 is 11.9 Å². The minimum atomic E-state index is -1.82. The first-order valence-electron chi connectivity index (χ1n) is 8.16. The predicted octanol–water partition coefficient (Wildman–Crippen LogP) is 3.90. The Kier molecular flexibility index (Phi) is 10.5. The van der Waals surface area contributed by atoms with Crippen LogP contribution in [-0.2, 0) is 9.59 Å². The van der Waals surface area contributed by atoms with Gasteiger partial charge in [0, 0.05) is 11.6 Å². The minimum Gasteiger partial charge on any atom is -0.492 e. The van der Waals surface area contributed by atoms with Gasteiger partial charge in [0.15, 0.2) is 0 Å². The molecule has 1 aliphatic heterocycles. The molecule has 0 saturated carbocycles. The second kappa shape index (κ2) is 12.1. The highest BCUT2D eigenvalue weighted by Crippen LogP contribution is 2.28. The van der Waals surface area contributed by atoms with E-state index in [1.807, 2.05) is 18.2 Å². The molecular formula is C17H23BrClNO5. The van der Waals surface area contributed by atoms with E-state index in [2.05, 4.69) is 20.8 Å². The molecular weight excluding hydrogens is 414 g/mol. The molecule has 0 atom stereocenters. The van der Waals surface area contributed by atoms with E-state index >= 15 is 0 Å². The van der Waals surface area contributed by atoms with Crippen LogP contribution < -0.4 is 4.74 Å². The number of benzene rings is 1. The number of carbonyl (C=O) groups is 2. The van der Waals surface area contributed by atoms with E-state index in [4.69, 9.17) is 36.1 Å². The molecule has 2 rings (SSSR count). The van der Waals surface area contributed by atoms with E-state index in [0.717, 1.165) is 34.8 Å². The average molecular weight is 437 g/mol. The van der Waals surface area contributed by atoms with Gasteiger partial charge < -0.3 is 19.8 Å². The second-order valence-corrected chi connectivity index (χ2v) is 6.93. The van der Waals surface area contributed by atoms with Crippen LogP contribution in [0.15, 0.2) is 22.7 Å². The quantitative estimate of drug-likeness (QED) is 0.538. The molecule has 8 heteroatoms. The summed E-state index contributed by atoms with van der Waals surface area (Å²) < 4.78 is 6.71. The maximum atomic E-state index is 9.10. The zero-order valence-corrected chi connectivity index (χ0v) is 16.3. The van der Waals surface area contributed by atoms with Crippen molar-refractivity contribution in [2.24, 2.45) is 0 Å². The van der Waals surface area contributed by atoms with Gasteiger partial charge >= 0.3 is 11.9 Å². The molecule has 1 aromatic rings. The zero-order chi connectivity index (χ0) is 18.7. The van der Waals surface area contributed by atoms with Crippen LogP contribution in [-0.4, -0.2) is 53.3 Å². The summed E-state index contributed by atoms with van der Waals surface area (Å²) in [5, 5.41) is 15.5. The fourth-order valence-electron chi connectivity index (χ4n) is 2.42. The maximum Gasteiger partial charge on any atom is 0.414 e. The standard InChI is InChI=1S/C15H21BrClNO.C2H2O4/c16-14-12-13(17)6-7-15(14)19-11-5-10-18-8-3-1-2-4-9-18;3-1(4)2(5)6/h6-7,12H,1-5,8-11H2;(H,3,4)(H,5,6). The largest absolute Gasteiger partial charge is 0.492 e. The van der Waals surface area contributed by atoms with Crippen molar-refractivity contribution in [1.29, 1.82) is 0 Å². The summed E-state index contributed by atoms with van der Waals surface area (Å²) in [4.78, 5) is 20.8. The molecule has 1 fully saturated rings. The SMILES string of the molecule is Clc1ccc(OCCCN2CCCCCC2)c(Br)c1.O=C(O)C(=O)O. The van der Waals surface area contributed by atoms with Gasteiger partial charge in [0.25, 0.3) is 0 Å². The van der Waals surface area contributed by atoms with Crippen molar-refractivity contribution in [3.8, 4) is 5.75 Å². The highest BCUT2D eigenvalue weighted by Gasteiger charge is 2.08. The van der Waals surface area contributed by atoms with Crippen LogP contribution in [0.25, 0.3) is 0 Å². The Morgan fingerprint density at radius 3 is 2.24 bits per heavy atom. The number of carboxylic acid groups (broad SMARTS) is 2. The van der Waals surface area contributed by atoms with Crippen molar-refractivity contribution in [3.05, 3.63) is 27.7 Å². The van der Waals surface area contributed by atoms with Gasteiger partial charge in [-0.25, -0.2) is 9.59 Å². The fraction of sp³-hybridized carbons (Fsp3) is 0.529. The molecule has 0 amide bonds. The van der Waals surface area contributed by atoms with Crippen LogP contribution in [0.4, 0.5) is 0 Å². The van der Waals surface area contributed by atoms with Gasteiger partial charge in [-0.15, -0.1) is 0 Å². The summed E-state index contributed by atoms with van der Waals surface area (Å²) >= 11 is 9.37. The first-order chi connectivity index (χ1) is 11.9. The van der Waals surface area contributed by atoms with Crippen LogP contribution in [0.5, 0.6) is 5.75 Å². The van der Waals surface area contributed by atoms with E-state index in [1.54, 1.807) is 0 Å². The first-order valence-corrected chi connectivity index (χ1v) is 9.33. The monoisotopic (exact) mass is 435 g/mol. The number of hydrogen-bond donors (Lipinski definition) is 2. The zero-order valence-electron chi connectivity index (χ0n) is 13.9. The molecule has 0 spiro atoms. The van der Waals surface area contributed by atoms with Crippen LogP contribution in [0.1, 0.15) is 32.1 Å². The number of likely N-dealkylation sites (tertiary alicyclic amines) is 1. The molecule has 0 unspecified atom stereocenters. The topological polar surface area (TPSA) is 87.1 Å². The van der Waals surface area contributed by atoms with E-state index in [-0.39, 0.29) is 0 Å². The smallest absolute Gasteiger partial charge is 0.414 e. The molecule has 1 saturated heterocycles. The van der Waals surface area contributed by atoms with E-state index in [9.17, 15) is 0 Å².